The van der Waals surface area contributed by atoms with Crippen LogP contribution in [0.1, 0.15) is 39.3 Å². The van der Waals surface area contributed by atoms with Gasteiger partial charge in [-0.3, -0.25) is 0 Å². The molecule has 3 nitrogen and oxygen atoms in total. The zero-order valence-corrected chi connectivity index (χ0v) is 15.0. The lowest BCUT2D eigenvalue weighted by atomic mass is 10.0. The van der Waals surface area contributed by atoms with E-state index in [1.807, 2.05) is 64.1 Å². The molecule has 0 saturated carbocycles. The van der Waals surface area contributed by atoms with E-state index in [0.717, 1.165) is 22.0 Å². The Labute approximate surface area is 140 Å². The van der Waals surface area contributed by atoms with Gasteiger partial charge in [-0.1, -0.05) is 43.5 Å². The van der Waals surface area contributed by atoms with Gasteiger partial charge in [-0.2, -0.15) is 0 Å². The summed E-state index contributed by atoms with van der Waals surface area (Å²) in [5, 5.41) is 1.54. The van der Waals surface area contributed by atoms with Crippen LogP contribution in [0.4, 0.5) is 0 Å². The van der Waals surface area contributed by atoms with Gasteiger partial charge < -0.3 is 0 Å². The van der Waals surface area contributed by atoms with Crippen molar-refractivity contribution >= 4 is 24.1 Å². The van der Waals surface area contributed by atoms with Gasteiger partial charge >= 0.3 is 0 Å². The Hall–Kier alpha value is -1.78. The topological polar surface area (TPSA) is 42.0 Å². The lowest BCUT2D eigenvalue weighted by Crippen LogP contribution is -2.34. The first-order valence-corrected chi connectivity index (χ1v) is 8.77. The van der Waals surface area contributed by atoms with Crippen molar-refractivity contribution in [2.75, 3.05) is 0 Å². The second-order valence-electron chi connectivity index (χ2n) is 6.64. The number of aromatic nitrogens is 1. The van der Waals surface area contributed by atoms with Gasteiger partial charge in [-0.25, -0.2) is 13.9 Å². The highest BCUT2D eigenvalue weighted by Gasteiger charge is 2.21. The molecule has 1 N–H and O–H groups in total. The van der Waals surface area contributed by atoms with Crippen molar-refractivity contribution in [3.63, 3.8) is 0 Å². The monoisotopic (exact) mass is 328 g/mol. The molecular formula is C19H24N2OS. The molecule has 2 aromatic rings. The molecule has 23 heavy (non-hydrogen) atoms. The Bertz CT molecular complexity index is 807. The van der Waals surface area contributed by atoms with Crippen molar-refractivity contribution in [2.24, 2.45) is 0 Å². The van der Waals surface area contributed by atoms with E-state index < -0.39 is 11.0 Å². The van der Waals surface area contributed by atoms with E-state index in [1.54, 1.807) is 0 Å². The molecule has 1 aromatic carbocycles. The standard InChI is InChI=1S/C19H24N2OS/c1-13-7-12-18(20-14(13)2)17-10-8-16(9-11-17)15(3)21-23(22)19(4,5)6/h7-12,15,21H,1-2H2,3-6H3. The molecule has 0 spiro atoms. The molecule has 0 aliphatic rings. The van der Waals surface area contributed by atoms with Crippen molar-refractivity contribution in [1.82, 2.24) is 9.71 Å². The SMILES string of the molecule is C=c1ccc(-c2ccc(C(C)NS(=O)C(C)(C)C)cc2)nc1=C. The molecule has 1 aromatic heterocycles. The predicted molar refractivity (Wildman–Crippen MR) is 99.4 cm³/mol. The Morgan fingerprint density at radius 2 is 1.70 bits per heavy atom. The molecule has 2 rings (SSSR count). The van der Waals surface area contributed by atoms with Crippen molar-refractivity contribution in [3.05, 3.63) is 52.5 Å². The highest BCUT2D eigenvalue weighted by atomic mass is 32.2. The zero-order chi connectivity index (χ0) is 17.2. The van der Waals surface area contributed by atoms with E-state index in [4.69, 9.17) is 0 Å². The highest BCUT2D eigenvalue weighted by Crippen LogP contribution is 2.21. The van der Waals surface area contributed by atoms with E-state index in [2.05, 4.69) is 22.9 Å². The molecule has 2 atom stereocenters. The molecule has 1 heterocycles. The molecule has 4 heteroatoms. The summed E-state index contributed by atoms with van der Waals surface area (Å²) in [4.78, 5) is 4.46. The quantitative estimate of drug-likeness (QED) is 0.937. The van der Waals surface area contributed by atoms with Gasteiger partial charge in [0.1, 0.15) is 0 Å². The highest BCUT2D eigenvalue weighted by molar-refractivity contribution is 7.84. The van der Waals surface area contributed by atoms with Gasteiger partial charge in [0.05, 0.1) is 26.8 Å². The largest absolute Gasteiger partial charge is 0.248 e. The van der Waals surface area contributed by atoms with E-state index in [9.17, 15) is 4.21 Å². The minimum Gasteiger partial charge on any atom is -0.248 e. The molecule has 0 radical (unpaired) electrons. The minimum absolute atomic E-state index is 0.0164. The van der Waals surface area contributed by atoms with Crippen LogP contribution < -0.4 is 15.3 Å². The maximum atomic E-state index is 12.2. The van der Waals surface area contributed by atoms with Crippen molar-refractivity contribution < 1.29 is 4.21 Å². The third-order valence-corrected chi connectivity index (χ3v) is 5.29. The molecular weight excluding hydrogens is 304 g/mol. The van der Waals surface area contributed by atoms with Crippen molar-refractivity contribution in [3.8, 4) is 11.3 Å². The maximum Gasteiger partial charge on any atom is 0.0975 e. The summed E-state index contributed by atoms with van der Waals surface area (Å²) in [6.07, 6.45) is 0. The lowest BCUT2D eigenvalue weighted by Gasteiger charge is -2.22. The van der Waals surface area contributed by atoms with E-state index in [1.165, 1.54) is 0 Å². The van der Waals surface area contributed by atoms with Crippen LogP contribution in [-0.2, 0) is 11.0 Å². The van der Waals surface area contributed by atoms with E-state index >= 15 is 0 Å². The minimum atomic E-state index is -1.09. The summed E-state index contributed by atoms with van der Waals surface area (Å²) >= 11 is 0. The summed E-state index contributed by atoms with van der Waals surface area (Å²) in [6.45, 7) is 15.7. The number of rotatable bonds is 4. The Balaban J connectivity index is 2.19. The van der Waals surface area contributed by atoms with Crippen LogP contribution in [0.3, 0.4) is 0 Å². The fourth-order valence-corrected chi connectivity index (χ4v) is 2.85. The number of nitrogens with zero attached hydrogens (tertiary/aromatic N) is 1. The lowest BCUT2D eigenvalue weighted by molar-refractivity contribution is 0.616. The van der Waals surface area contributed by atoms with Crippen LogP contribution >= 0.6 is 0 Å². The Morgan fingerprint density at radius 1 is 1.09 bits per heavy atom. The van der Waals surface area contributed by atoms with Gasteiger partial charge in [0.15, 0.2) is 0 Å². The molecule has 2 unspecified atom stereocenters. The average molecular weight is 328 g/mol. The summed E-state index contributed by atoms with van der Waals surface area (Å²) in [6, 6.07) is 12.0. The Morgan fingerprint density at radius 3 is 2.22 bits per heavy atom. The molecule has 0 bridgehead atoms. The second-order valence-corrected chi connectivity index (χ2v) is 8.64. The predicted octanol–water partition coefficient (Wildman–Crippen LogP) is 2.68. The van der Waals surface area contributed by atoms with E-state index in [-0.39, 0.29) is 10.8 Å². The number of pyridine rings is 1. The second kappa shape index (κ2) is 6.77. The molecule has 0 saturated heterocycles. The maximum absolute atomic E-state index is 12.2. The van der Waals surface area contributed by atoms with Crippen LogP contribution in [0.2, 0.25) is 0 Å². The smallest absolute Gasteiger partial charge is 0.0975 e. The van der Waals surface area contributed by atoms with Gasteiger partial charge in [-0.05, 0) is 44.5 Å². The number of benzene rings is 1. The first-order chi connectivity index (χ1) is 10.7. The first kappa shape index (κ1) is 17.6. The van der Waals surface area contributed by atoms with Gasteiger partial charge in [0.2, 0.25) is 0 Å². The summed E-state index contributed by atoms with van der Waals surface area (Å²) < 4.78 is 15.1. The summed E-state index contributed by atoms with van der Waals surface area (Å²) in [5.41, 5.74) is 3.01. The van der Waals surface area contributed by atoms with Crippen LogP contribution in [-0.4, -0.2) is 13.9 Å². The van der Waals surface area contributed by atoms with Crippen LogP contribution in [0.5, 0.6) is 0 Å². The fourth-order valence-electron chi connectivity index (χ4n) is 2.04. The zero-order valence-electron chi connectivity index (χ0n) is 14.2. The van der Waals surface area contributed by atoms with Crippen molar-refractivity contribution in [2.45, 2.75) is 38.5 Å². The summed E-state index contributed by atoms with van der Waals surface area (Å²) in [5.74, 6) is 0. The normalized spacial score (nSPS) is 14.4. The van der Waals surface area contributed by atoms with Crippen LogP contribution in [0, 0.1) is 0 Å². The molecule has 122 valence electrons. The van der Waals surface area contributed by atoms with Crippen LogP contribution in [0.15, 0.2) is 36.4 Å². The molecule has 0 amide bonds. The number of hydrogen-bond donors (Lipinski definition) is 1. The van der Waals surface area contributed by atoms with Crippen LogP contribution in [0.25, 0.3) is 24.4 Å². The van der Waals surface area contributed by atoms with Gasteiger partial charge in [0.25, 0.3) is 0 Å². The third-order valence-electron chi connectivity index (χ3n) is 3.61. The molecule has 0 fully saturated rings. The van der Waals surface area contributed by atoms with Crippen molar-refractivity contribution in [1.29, 1.82) is 0 Å². The van der Waals surface area contributed by atoms with Gasteiger partial charge in [-0.15, -0.1) is 0 Å². The first-order valence-electron chi connectivity index (χ1n) is 7.62. The van der Waals surface area contributed by atoms with Gasteiger partial charge in [0, 0.05) is 11.6 Å². The molecule has 0 aliphatic carbocycles. The molecule has 0 aliphatic heterocycles. The Kier molecular flexibility index (Phi) is 5.17. The average Bonchev–Trinajstić information content (AvgIpc) is 2.49. The van der Waals surface area contributed by atoms with E-state index in [0.29, 0.717) is 5.35 Å². The number of nitrogens with one attached hydrogen (secondary N) is 1. The fraction of sp³-hybridized carbons (Fsp3) is 0.316. The number of hydrogen-bond acceptors (Lipinski definition) is 2. The third kappa shape index (κ3) is 4.36. The summed E-state index contributed by atoms with van der Waals surface area (Å²) in [7, 11) is -1.09.